The Kier molecular flexibility index (Phi) is 3.19. The van der Waals surface area contributed by atoms with Crippen LogP contribution in [0.3, 0.4) is 0 Å². The highest BCUT2D eigenvalue weighted by Crippen LogP contribution is 2.14. The van der Waals surface area contributed by atoms with E-state index in [1.807, 2.05) is 0 Å². The Labute approximate surface area is 92.1 Å². The molecule has 0 saturated carbocycles. The van der Waals surface area contributed by atoms with E-state index in [1.54, 1.807) is 11.6 Å². The number of morpholine rings is 1. The Morgan fingerprint density at radius 1 is 1.47 bits per heavy atom. The fourth-order valence-electron chi connectivity index (χ4n) is 1.24. The first kappa shape index (κ1) is 10.8. The van der Waals surface area contributed by atoms with Crippen LogP contribution in [0.25, 0.3) is 0 Å². The Balaban J connectivity index is 2.05. The average molecular weight is 249 g/mol. The van der Waals surface area contributed by atoms with E-state index in [4.69, 9.17) is 4.74 Å². The summed E-state index contributed by atoms with van der Waals surface area (Å²) < 4.78 is 32.4. The van der Waals surface area contributed by atoms with Gasteiger partial charge in [-0.3, -0.25) is 0 Å². The molecular weight excluding hydrogens is 238 g/mol. The summed E-state index contributed by atoms with van der Waals surface area (Å²) in [5.41, 5.74) is 0. The lowest BCUT2D eigenvalue weighted by Gasteiger charge is -2.25. The molecule has 6 nitrogen and oxygen atoms in total. The van der Waals surface area contributed by atoms with Crippen LogP contribution in [0.2, 0.25) is 0 Å². The van der Waals surface area contributed by atoms with Crippen LogP contribution < -0.4 is 4.72 Å². The summed E-state index contributed by atoms with van der Waals surface area (Å²) >= 11 is 1.25. The maximum Gasteiger partial charge on any atom is 0.303 e. The lowest BCUT2D eigenvalue weighted by Crippen LogP contribution is -2.43. The minimum absolute atomic E-state index is 0.390. The van der Waals surface area contributed by atoms with Gasteiger partial charge in [-0.15, -0.1) is 11.3 Å². The van der Waals surface area contributed by atoms with E-state index in [0.29, 0.717) is 31.4 Å². The number of hydrogen-bond donors (Lipinski definition) is 1. The van der Waals surface area contributed by atoms with E-state index in [1.165, 1.54) is 15.6 Å². The first-order valence-corrected chi connectivity index (χ1v) is 6.75. The van der Waals surface area contributed by atoms with Gasteiger partial charge in [-0.25, -0.2) is 9.71 Å². The first-order chi connectivity index (χ1) is 7.18. The molecule has 2 heterocycles. The van der Waals surface area contributed by atoms with E-state index in [0.717, 1.165) is 0 Å². The van der Waals surface area contributed by atoms with Gasteiger partial charge in [0.05, 0.1) is 13.2 Å². The fourth-order valence-corrected chi connectivity index (χ4v) is 3.15. The summed E-state index contributed by atoms with van der Waals surface area (Å²) in [5, 5.41) is 2.11. The zero-order valence-corrected chi connectivity index (χ0v) is 9.55. The molecule has 1 aromatic rings. The van der Waals surface area contributed by atoms with Crippen molar-refractivity contribution in [3.05, 3.63) is 11.6 Å². The smallest absolute Gasteiger partial charge is 0.303 e. The lowest BCUT2D eigenvalue weighted by molar-refractivity contribution is 0.0733. The van der Waals surface area contributed by atoms with Crippen molar-refractivity contribution in [1.29, 1.82) is 0 Å². The Hall–Kier alpha value is -0.700. The number of thiazole rings is 1. The molecule has 1 aliphatic rings. The van der Waals surface area contributed by atoms with Gasteiger partial charge in [0, 0.05) is 24.7 Å². The van der Waals surface area contributed by atoms with Gasteiger partial charge in [-0.1, -0.05) is 0 Å². The fraction of sp³-hybridized carbons (Fsp3) is 0.571. The maximum absolute atomic E-state index is 11.8. The summed E-state index contributed by atoms with van der Waals surface area (Å²) in [6.45, 7) is 1.67. The molecule has 0 atom stereocenters. The molecule has 84 valence electrons. The van der Waals surface area contributed by atoms with Gasteiger partial charge in [-0.2, -0.15) is 12.7 Å². The van der Waals surface area contributed by atoms with E-state index in [2.05, 4.69) is 9.71 Å². The van der Waals surface area contributed by atoms with E-state index in [9.17, 15) is 8.42 Å². The van der Waals surface area contributed by atoms with Crippen molar-refractivity contribution in [2.24, 2.45) is 0 Å². The number of ether oxygens (including phenoxy) is 1. The highest BCUT2D eigenvalue weighted by molar-refractivity contribution is 7.90. The van der Waals surface area contributed by atoms with Crippen LogP contribution in [0, 0.1) is 0 Å². The van der Waals surface area contributed by atoms with Crippen molar-refractivity contribution < 1.29 is 13.2 Å². The van der Waals surface area contributed by atoms with Gasteiger partial charge in [-0.05, 0) is 0 Å². The third-order valence-electron chi connectivity index (χ3n) is 1.96. The number of aromatic nitrogens is 1. The average Bonchev–Trinajstić information content (AvgIpc) is 2.71. The van der Waals surface area contributed by atoms with Crippen LogP contribution in [0.5, 0.6) is 0 Å². The van der Waals surface area contributed by atoms with Gasteiger partial charge in [0.15, 0.2) is 5.13 Å². The molecule has 1 saturated heterocycles. The zero-order chi connectivity index (χ0) is 10.7. The summed E-state index contributed by atoms with van der Waals surface area (Å²) in [6, 6.07) is 0. The molecule has 0 aliphatic carbocycles. The van der Waals surface area contributed by atoms with E-state index >= 15 is 0 Å². The molecule has 2 rings (SSSR count). The van der Waals surface area contributed by atoms with E-state index < -0.39 is 10.2 Å². The van der Waals surface area contributed by atoms with Crippen LogP contribution in [0.1, 0.15) is 0 Å². The van der Waals surface area contributed by atoms with Gasteiger partial charge in [0.2, 0.25) is 0 Å². The quantitative estimate of drug-likeness (QED) is 0.826. The number of hydrogen-bond acceptors (Lipinski definition) is 5. The molecular formula is C7H11N3O3S2. The van der Waals surface area contributed by atoms with Gasteiger partial charge >= 0.3 is 10.2 Å². The normalized spacial score (nSPS) is 18.9. The second kappa shape index (κ2) is 4.44. The van der Waals surface area contributed by atoms with E-state index in [-0.39, 0.29) is 0 Å². The molecule has 1 aromatic heterocycles. The van der Waals surface area contributed by atoms with Crippen LogP contribution in [-0.2, 0) is 14.9 Å². The van der Waals surface area contributed by atoms with Crippen molar-refractivity contribution in [3.63, 3.8) is 0 Å². The second-order valence-electron chi connectivity index (χ2n) is 2.96. The molecule has 0 amide bonds. The van der Waals surface area contributed by atoms with Crippen molar-refractivity contribution >= 4 is 26.7 Å². The monoisotopic (exact) mass is 249 g/mol. The van der Waals surface area contributed by atoms with Gasteiger partial charge in [0.25, 0.3) is 0 Å². The third kappa shape index (κ3) is 2.65. The third-order valence-corrected chi connectivity index (χ3v) is 4.27. The topological polar surface area (TPSA) is 71.5 Å². The molecule has 1 fully saturated rings. The van der Waals surface area contributed by atoms with Crippen molar-refractivity contribution in [2.75, 3.05) is 31.0 Å². The molecule has 8 heteroatoms. The molecule has 1 N–H and O–H groups in total. The Morgan fingerprint density at radius 2 is 2.20 bits per heavy atom. The van der Waals surface area contributed by atoms with Gasteiger partial charge in [0.1, 0.15) is 0 Å². The predicted octanol–water partition coefficient (Wildman–Crippen LogP) is 0.132. The number of nitrogens with zero attached hydrogens (tertiary/aromatic N) is 2. The van der Waals surface area contributed by atoms with Crippen molar-refractivity contribution in [3.8, 4) is 0 Å². The molecule has 0 unspecified atom stereocenters. The standard InChI is InChI=1S/C7H11N3O3S2/c11-15(12,9-7-8-1-6-14-7)10-2-4-13-5-3-10/h1,6H,2-5H2,(H,8,9). The molecule has 0 radical (unpaired) electrons. The minimum atomic E-state index is -3.46. The van der Waals surface area contributed by atoms with Crippen molar-refractivity contribution in [2.45, 2.75) is 0 Å². The number of rotatable bonds is 3. The highest BCUT2D eigenvalue weighted by Gasteiger charge is 2.24. The molecule has 15 heavy (non-hydrogen) atoms. The molecule has 1 aliphatic heterocycles. The molecule has 0 bridgehead atoms. The van der Waals surface area contributed by atoms with Crippen LogP contribution >= 0.6 is 11.3 Å². The van der Waals surface area contributed by atoms with Crippen LogP contribution in [0.15, 0.2) is 11.6 Å². The van der Waals surface area contributed by atoms with Gasteiger partial charge < -0.3 is 4.74 Å². The maximum atomic E-state index is 11.8. The summed E-state index contributed by atoms with van der Waals surface area (Å²) in [6.07, 6.45) is 1.56. The summed E-state index contributed by atoms with van der Waals surface area (Å²) in [4.78, 5) is 3.87. The molecule has 0 aromatic carbocycles. The zero-order valence-electron chi connectivity index (χ0n) is 7.92. The summed E-state index contributed by atoms with van der Waals surface area (Å²) in [5.74, 6) is 0. The predicted molar refractivity (Wildman–Crippen MR) is 57.0 cm³/mol. The highest BCUT2D eigenvalue weighted by atomic mass is 32.2. The van der Waals surface area contributed by atoms with Crippen LogP contribution in [-0.4, -0.2) is 44.0 Å². The SMILES string of the molecule is O=S(=O)(Nc1nccs1)N1CCOCC1. The largest absolute Gasteiger partial charge is 0.379 e. The Morgan fingerprint density at radius 3 is 2.80 bits per heavy atom. The minimum Gasteiger partial charge on any atom is -0.379 e. The number of anilines is 1. The summed E-state index contributed by atoms with van der Waals surface area (Å²) in [7, 11) is -3.46. The first-order valence-electron chi connectivity index (χ1n) is 4.43. The van der Waals surface area contributed by atoms with Crippen molar-refractivity contribution in [1.82, 2.24) is 9.29 Å². The Bertz CT molecular complexity index is 397. The second-order valence-corrected chi connectivity index (χ2v) is 5.52. The number of nitrogens with one attached hydrogen (secondary N) is 1. The van der Waals surface area contributed by atoms with Crippen LogP contribution in [0.4, 0.5) is 5.13 Å². The molecule has 0 spiro atoms. The lowest BCUT2D eigenvalue weighted by atomic mass is 10.5.